The number of carboxylic acids is 1. The van der Waals surface area contributed by atoms with Crippen LogP contribution in [0.15, 0.2) is 11.6 Å². The smallest absolute Gasteiger partial charge is 0.346 e. The van der Waals surface area contributed by atoms with Crippen molar-refractivity contribution in [2.75, 3.05) is 0 Å². The van der Waals surface area contributed by atoms with E-state index in [1.807, 2.05) is 0 Å². The molecule has 88 valence electrons. The van der Waals surface area contributed by atoms with Crippen LogP contribution in [0.1, 0.15) is 5.56 Å². The summed E-state index contributed by atoms with van der Waals surface area (Å²) in [6.07, 6.45) is 1.02. The Balaban J connectivity index is 3.53. The van der Waals surface area contributed by atoms with Crippen LogP contribution in [0.3, 0.4) is 0 Å². The molecular weight excluding hydrogens is 308 g/mol. The molecule has 0 bridgehead atoms. The summed E-state index contributed by atoms with van der Waals surface area (Å²) in [4.78, 5) is 10.7. The molecule has 0 atom stereocenters. The van der Waals surface area contributed by atoms with E-state index in [2.05, 4.69) is 0 Å². The van der Waals surface area contributed by atoms with Gasteiger partial charge in [-0.1, -0.05) is 46.4 Å². The molecule has 0 heterocycles. The molecule has 1 aromatic rings. The van der Waals surface area contributed by atoms with Gasteiger partial charge in [0.1, 0.15) is 11.6 Å². The van der Waals surface area contributed by atoms with Gasteiger partial charge in [0, 0.05) is 5.56 Å². The fraction of sp³-hybridized carbons (Fsp3) is 0. The lowest BCUT2D eigenvalue weighted by Gasteiger charge is -2.06. The number of rotatable bonds is 2. The van der Waals surface area contributed by atoms with Crippen LogP contribution in [0.25, 0.3) is 6.08 Å². The van der Waals surface area contributed by atoms with Gasteiger partial charge in [-0.15, -0.1) is 0 Å². The van der Waals surface area contributed by atoms with Crippen LogP contribution < -0.4 is 0 Å². The highest BCUT2D eigenvalue weighted by atomic mass is 35.5. The lowest BCUT2D eigenvalue weighted by Crippen LogP contribution is -1.98. The summed E-state index contributed by atoms with van der Waals surface area (Å²) in [6, 6.07) is 2.83. The molecule has 1 aromatic carbocycles. The molecule has 1 N–H and O–H groups in total. The van der Waals surface area contributed by atoms with Gasteiger partial charge < -0.3 is 5.11 Å². The molecule has 0 aliphatic heterocycles. The zero-order chi connectivity index (χ0) is 13.2. The lowest BCUT2D eigenvalue weighted by atomic mass is 10.1. The van der Waals surface area contributed by atoms with Crippen molar-refractivity contribution in [2.24, 2.45) is 0 Å². The van der Waals surface area contributed by atoms with E-state index in [1.165, 1.54) is 12.1 Å². The summed E-state index contributed by atoms with van der Waals surface area (Å²) in [5.41, 5.74) is -0.420. The van der Waals surface area contributed by atoms with Crippen LogP contribution in [0.2, 0.25) is 20.1 Å². The minimum atomic E-state index is -1.39. The fourth-order valence-electron chi connectivity index (χ4n) is 1.00. The van der Waals surface area contributed by atoms with Crippen LogP contribution in [-0.4, -0.2) is 11.1 Å². The fourth-order valence-corrected chi connectivity index (χ4v) is 1.94. The van der Waals surface area contributed by atoms with E-state index < -0.39 is 11.5 Å². The number of nitriles is 1. The summed E-state index contributed by atoms with van der Waals surface area (Å²) in [5.74, 6) is -1.39. The van der Waals surface area contributed by atoms with Gasteiger partial charge in [0.15, 0.2) is 0 Å². The average molecular weight is 311 g/mol. The van der Waals surface area contributed by atoms with Crippen LogP contribution >= 0.6 is 46.4 Å². The predicted molar refractivity (Wildman–Crippen MR) is 67.7 cm³/mol. The highest BCUT2D eigenvalue weighted by Crippen LogP contribution is 2.38. The van der Waals surface area contributed by atoms with Gasteiger partial charge in [0.25, 0.3) is 0 Å². The van der Waals surface area contributed by atoms with Gasteiger partial charge in [0.05, 0.1) is 20.1 Å². The molecule has 0 amide bonds. The summed E-state index contributed by atoms with van der Waals surface area (Å²) >= 11 is 23.2. The SMILES string of the molecule is N#C/C(=C\c1c(Cl)c(Cl)cc(Cl)c1Cl)C(=O)O. The third-order valence-corrected chi connectivity index (χ3v) is 3.39. The van der Waals surface area contributed by atoms with Crippen molar-refractivity contribution in [3.8, 4) is 6.07 Å². The first-order valence-electron chi connectivity index (χ1n) is 4.06. The molecule has 0 spiro atoms. The first-order valence-corrected chi connectivity index (χ1v) is 5.57. The van der Waals surface area contributed by atoms with Gasteiger partial charge >= 0.3 is 5.97 Å². The zero-order valence-corrected chi connectivity index (χ0v) is 11.0. The Morgan fingerprint density at radius 1 is 1.24 bits per heavy atom. The van der Waals surface area contributed by atoms with Crippen molar-refractivity contribution in [1.29, 1.82) is 5.26 Å². The molecule has 0 fully saturated rings. The second kappa shape index (κ2) is 5.61. The number of hydrogen-bond acceptors (Lipinski definition) is 2. The highest BCUT2D eigenvalue weighted by molar-refractivity contribution is 6.48. The van der Waals surface area contributed by atoms with Crippen LogP contribution in [0.5, 0.6) is 0 Å². The molecule has 0 unspecified atom stereocenters. The van der Waals surface area contributed by atoms with E-state index in [1.54, 1.807) is 0 Å². The maximum absolute atomic E-state index is 10.7. The third-order valence-electron chi connectivity index (χ3n) is 1.79. The summed E-state index contributed by atoms with van der Waals surface area (Å²) in [7, 11) is 0. The second-order valence-electron chi connectivity index (χ2n) is 2.86. The Bertz CT molecular complexity index is 534. The Labute approximate surface area is 117 Å². The van der Waals surface area contributed by atoms with E-state index in [0.717, 1.165) is 6.08 Å². The highest BCUT2D eigenvalue weighted by Gasteiger charge is 2.15. The Morgan fingerprint density at radius 3 is 2.06 bits per heavy atom. The molecular formula is C10H3Cl4NO2. The summed E-state index contributed by atoms with van der Waals surface area (Å²) < 4.78 is 0. The van der Waals surface area contributed by atoms with Crippen molar-refractivity contribution in [3.05, 3.63) is 37.3 Å². The first kappa shape index (κ1) is 14.1. The zero-order valence-electron chi connectivity index (χ0n) is 7.97. The van der Waals surface area contributed by atoms with Crippen LogP contribution in [0.4, 0.5) is 0 Å². The van der Waals surface area contributed by atoms with Crippen molar-refractivity contribution >= 4 is 58.4 Å². The molecule has 0 radical (unpaired) electrons. The van der Waals surface area contributed by atoms with Gasteiger partial charge in [-0.25, -0.2) is 4.79 Å². The third kappa shape index (κ3) is 3.05. The monoisotopic (exact) mass is 309 g/mol. The first-order chi connectivity index (χ1) is 7.88. The minimum Gasteiger partial charge on any atom is -0.477 e. The molecule has 7 heteroatoms. The number of carboxylic acid groups (broad SMARTS) is 1. The lowest BCUT2D eigenvalue weighted by molar-refractivity contribution is -0.132. The number of hydrogen-bond donors (Lipinski definition) is 1. The number of aliphatic carboxylic acids is 1. The molecule has 3 nitrogen and oxygen atoms in total. The molecule has 0 aliphatic carbocycles. The summed E-state index contributed by atoms with van der Waals surface area (Å²) in [5, 5.41) is 17.7. The van der Waals surface area contributed by atoms with E-state index in [-0.39, 0.29) is 25.7 Å². The van der Waals surface area contributed by atoms with Gasteiger partial charge in [-0.3, -0.25) is 0 Å². The van der Waals surface area contributed by atoms with E-state index in [9.17, 15) is 4.79 Å². The van der Waals surface area contributed by atoms with Gasteiger partial charge in [-0.05, 0) is 12.1 Å². The molecule has 0 aromatic heterocycles. The molecule has 0 saturated carbocycles. The number of carbonyl (C=O) groups is 1. The number of halogens is 4. The quantitative estimate of drug-likeness (QED) is 0.503. The van der Waals surface area contributed by atoms with Gasteiger partial charge in [0.2, 0.25) is 0 Å². The van der Waals surface area contributed by atoms with Crippen LogP contribution in [-0.2, 0) is 4.79 Å². The van der Waals surface area contributed by atoms with E-state index in [4.69, 9.17) is 56.8 Å². The van der Waals surface area contributed by atoms with E-state index >= 15 is 0 Å². The standard InChI is InChI=1S/C10H3Cl4NO2/c11-6-2-7(12)9(14)5(8(6)13)1-4(3-15)10(16)17/h1-2H,(H,16,17)/b4-1+. The minimum absolute atomic E-state index is 0.0371. The number of nitrogens with zero attached hydrogens (tertiary/aromatic N) is 1. The van der Waals surface area contributed by atoms with Crippen LogP contribution in [0, 0.1) is 11.3 Å². The largest absolute Gasteiger partial charge is 0.477 e. The average Bonchev–Trinajstić information content (AvgIpc) is 2.26. The van der Waals surface area contributed by atoms with Crippen molar-refractivity contribution in [3.63, 3.8) is 0 Å². The van der Waals surface area contributed by atoms with E-state index in [0.29, 0.717) is 0 Å². The predicted octanol–water partition coefficient (Wildman–Crippen LogP) is 4.29. The Hall–Kier alpha value is -0.920. The Kier molecular flexibility index (Phi) is 4.67. The van der Waals surface area contributed by atoms with Crippen molar-refractivity contribution in [1.82, 2.24) is 0 Å². The maximum atomic E-state index is 10.7. The topological polar surface area (TPSA) is 61.1 Å². The van der Waals surface area contributed by atoms with Gasteiger partial charge in [-0.2, -0.15) is 5.26 Å². The summed E-state index contributed by atoms with van der Waals surface area (Å²) in [6.45, 7) is 0. The molecule has 17 heavy (non-hydrogen) atoms. The normalized spacial score (nSPS) is 11.1. The maximum Gasteiger partial charge on any atom is 0.346 e. The number of benzene rings is 1. The second-order valence-corrected chi connectivity index (χ2v) is 4.43. The molecule has 0 saturated heterocycles. The Morgan fingerprint density at radius 2 is 1.71 bits per heavy atom. The van der Waals surface area contributed by atoms with Crippen molar-refractivity contribution in [2.45, 2.75) is 0 Å². The molecule has 1 rings (SSSR count). The molecule has 0 aliphatic rings. The van der Waals surface area contributed by atoms with Crippen molar-refractivity contribution < 1.29 is 9.90 Å².